The summed E-state index contributed by atoms with van der Waals surface area (Å²) < 4.78 is 0. The molecule has 98 valence electrons. The highest BCUT2D eigenvalue weighted by Crippen LogP contribution is 2.16. The van der Waals surface area contributed by atoms with Gasteiger partial charge in [-0.15, -0.1) is 0 Å². The molecular formula is C13H18N2O3. The monoisotopic (exact) mass is 250 g/mol. The van der Waals surface area contributed by atoms with Gasteiger partial charge in [0.1, 0.15) is 0 Å². The van der Waals surface area contributed by atoms with E-state index in [0.29, 0.717) is 12.1 Å². The maximum Gasteiger partial charge on any atom is 0.335 e. The molecule has 2 rings (SSSR count). The van der Waals surface area contributed by atoms with Gasteiger partial charge in [0, 0.05) is 32.7 Å². The highest BCUT2D eigenvalue weighted by Gasteiger charge is 2.16. The average Bonchev–Trinajstić information content (AvgIpc) is 2.40. The van der Waals surface area contributed by atoms with Gasteiger partial charge in [-0.1, -0.05) is 12.1 Å². The number of carboxylic acid groups (broad SMARTS) is 1. The summed E-state index contributed by atoms with van der Waals surface area (Å²) in [6, 6.07) is 6.50. The second-order valence-corrected chi connectivity index (χ2v) is 4.50. The fraction of sp³-hybridized carbons (Fsp3) is 0.462. The van der Waals surface area contributed by atoms with Crippen LogP contribution in [0, 0.1) is 0 Å². The Morgan fingerprint density at radius 1 is 1.39 bits per heavy atom. The topological polar surface area (TPSA) is 72.8 Å². The maximum absolute atomic E-state index is 10.9. The molecule has 0 amide bonds. The van der Waals surface area contributed by atoms with Crippen LogP contribution < -0.4 is 5.32 Å². The number of nitrogens with one attached hydrogen (secondary N) is 1. The van der Waals surface area contributed by atoms with Crippen LogP contribution >= 0.6 is 0 Å². The minimum Gasteiger partial charge on any atom is -0.478 e. The summed E-state index contributed by atoms with van der Waals surface area (Å²) in [5.74, 6) is -0.966. The SMILES string of the molecule is O=C(O)c1cccc(C(O)CN2CCNCC2)c1. The summed E-state index contributed by atoms with van der Waals surface area (Å²) in [6.07, 6.45) is -0.637. The number of nitrogens with zero attached hydrogens (tertiary/aromatic N) is 1. The van der Waals surface area contributed by atoms with E-state index in [-0.39, 0.29) is 5.56 Å². The maximum atomic E-state index is 10.9. The molecule has 5 heteroatoms. The van der Waals surface area contributed by atoms with E-state index in [4.69, 9.17) is 5.11 Å². The highest BCUT2D eigenvalue weighted by molar-refractivity contribution is 5.87. The molecule has 1 fully saturated rings. The summed E-state index contributed by atoms with van der Waals surface area (Å²) in [5.41, 5.74) is 0.875. The van der Waals surface area contributed by atoms with Crippen LogP contribution in [0.5, 0.6) is 0 Å². The number of hydrogen-bond donors (Lipinski definition) is 3. The molecule has 0 radical (unpaired) electrons. The molecule has 1 heterocycles. The van der Waals surface area contributed by atoms with E-state index in [1.807, 2.05) is 0 Å². The molecule has 0 aliphatic carbocycles. The number of aliphatic hydroxyl groups excluding tert-OH is 1. The van der Waals surface area contributed by atoms with Crippen molar-refractivity contribution in [2.75, 3.05) is 32.7 Å². The smallest absolute Gasteiger partial charge is 0.335 e. The van der Waals surface area contributed by atoms with Crippen LogP contribution in [0.2, 0.25) is 0 Å². The van der Waals surface area contributed by atoms with Gasteiger partial charge in [-0.2, -0.15) is 0 Å². The first-order chi connectivity index (χ1) is 8.66. The molecule has 5 nitrogen and oxygen atoms in total. The number of carbonyl (C=O) groups is 1. The normalized spacial score (nSPS) is 18.5. The van der Waals surface area contributed by atoms with Gasteiger partial charge in [0.25, 0.3) is 0 Å². The fourth-order valence-electron chi connectivity index (χ4n) is 2.12. The lowest BCUT2D eigenvalue weighted by Gasteiger charge is -2.29. The summed E-state index contributed by atoms with van der Waals surface area (Å²) in [4.78, 5) is 13.0. The third kappa shape index (κ3) is 3.29. The van der Waals surface area contributed by atoms with E-state index in [1.54, 1.807) is 12.1 Å². The van der Waals surface area contributed by atoms with Crippen LogP contribution in [0.25, 0.3) is 0 Å². The molecule has 0 bridgehead atoms. The lowest BCUT2D eigenvalue weighted by Crippen LogP contribution is -2.44. The van der Waals surface area contributed by atoms with Crippen LogP contribution in [0.3, 0.4) is 0 Å². The van der Waals surface area contributed by atoms with Crippen molar-refractivity contribution in [3.8, 4) is 0 Å². The van der Waals surface area contributed by atoms with Crippen LogP contribution in [-0.2, 0) is 0 Å². The first kappa shape index (κ1) is 13.0. The fourth-order valence-corrected chi connectivity index (χ4v) is 2.12. The van der Waals surface area contributed by atoms with Crippen molar-refractivity contribution in [2.45, 2.75) is 6.10 Å². The van der Waals surface area contributed by atoms with E-state index >= 15 is 0 Å². The predicted molar refractivity (Wildman–Crippen MR) is 67.7 cm³/mol. The number of benzene rings is 1. The molecule has 1 unspecified atom stereocenters. The Labute approximate surface area is 106 Å². The number of carboxylic acids is 1. The zero-order valence-electron chi connectivity index (χ0n) is 10.2. The number of piperazine rings is 1. The Balaban J connectivity index is 2.01. The van der Waals surface area contributed by atoms with Crippen LogP contribution in [0.1, 0.15) is 22.0 Å². The average molecular weight is 250 g/mol. The Morgan fingerprint density at radius 3 is 2.78 bits per heavy atom. The number of aromatic carboxylic acids is 1. The van der Waals surface area contributed by atoms with Gasteiger partial charge in [-0.25, -0.2) is 4.79 Å². The molecule has 1 aliphatic heterocycles. The lowest BCUT2D eigenvalue weighted by atomic mass is 10.1. The standard InChI is InChI=1S/C13H18N2O3/c16-12(9-15-6-4-14-5-7-15)10-2-1-3-11(8-10)13(17)18/h1-3,8,12,14,16H,4-7,9H2,(H,17,18). The molecule has 1 aromatic carbocycles. The van der Waals surface area contributed by atoms with Crippen molar-refractivity contribution in [2.24, 2.45) is 0 Å². The number of hydrogen-bond acceptors (Lipinski definition) is 4. The van der Waals surface area contributed by atoms with E-state index in [9.17, 15) is 9.90 Å². The summed E-state index contributed by atoms with van der Waals surface area (Å²) >= 11 is 0. The number of rotatable bonds is 4. The molecule has 0 saturated carbocycles. The molecule has 0 spiro atoms. The van der Waals surface area contributed by atoms with Crippen molar-refractivity contribution in [1.29, 1.82) is 0 Å². The first-order valence-electron chi connectivity index (χ1n) is 6.11. The van der Waals surface area contributed by atoms with E-state index in [2.05, 4.69) is 10.2 Å². The van der Waals surface area contributed by atoms with E-state index in [0.717, 1.165) is 26.2 Å². The Morgan fingerprint density at radius 2 is 2.11 bits per heavy atom. The zero-order valence-corrected chi connectivity index (χ0v) is 10.2. The third-order valence-corrected chi connectivity index (χ3v) is 3.16. The van der Waals surface area contributed by atoms with Gasteiger partial charge < -0.3 is 15.5 Å². The lowest BCUT2D eigenvalue weighted by molar-refractivity contribution is 0.0696. The summed E-state index contributed by atoms with van der Waals surface area (Å²) in [6.45, 7) is 4.24. The number of β-amino-alcohol motifs (C(OH)–C–C–N with tert-alkyl or cyclic N) is 1. The molecular weight excluding hydrogens is 232 g/mol. The van der Waals surface area contributed by atoms with Crippen LogP contribution in [0.15, 0.2) is 24.3 Å². The van der Waals surface area contributed by atoms with Crippen molar-refractivity contribution < 1.29 is 15.0 Å². The minimum atomic E-state index is -0.966. The molecule has 0 aromatic heterocycles. The molecule has 1 saturated heterocycles. The highest BCUT2D eigenvalue weighted by atomic mass is 16.4. The van der Waals surface area contributed by atoms with Crippen molar-refractivity contribution in [3.05, 3.63) is 35.4 Å². The second kappa shape index (κ2) is 5.95. The largest absolute Gasteiger partial charge is 0.478 e. The van der Waals surface area contributed by atoms with Crippen molar-refractivity contribution in [3.63, 3.8) is 0 Å². The molecule has 3 N–H and O–H groups in total. The van der Waals surface area contributed by atoms with E-state index < -0.39 is 12.1 Å². The molecule has 1 atom stereocenters. The van der Waals surface area contributed by atoms with Gasteiger partial charge in [-0.05, 0) is 17.7 Å². The van der Waals surface area contributed by atoms with Crippen LogP contribution in [-0.4, -0.2) is 53.8 Å². The summed E-state index contributed by atoms with van der Waals surface area (Å²) in [5, 5.41) is 22.3. The van der Waals surface area contributed by atoms with Crippen molar-refractivity contribution in [1.82, 2.24) is 10.2 Å². The Kier molecular flexibility index (Phi) is 4.30. The quantitative estimate of drug-likeness (QED) is 0.718. The van der Waals surface area contributed by atoms with Gasteiger partial charge >= 0.3 is 5.97 Å². The zero-order chi connectivity index (χ0) is 13.0. The Bertz CT molecular complexity index is 416. The van der Waals surface area contributed by atoms with Gasteiger partial charge in [0.05, 0.1) is 11.7 Å². The van der Waals surface area contributed by atoms with Crippen LogP contribution in [0.4, 0.5) is 0 Å². The Hall–Kier alpha value is -1.43. The molecule has 18 heavy (non-hydrogen) atoms. The molecule has 1 aromatic rings. The third-order valence-electron chi connectivity index (χ3n) is 3.16. The van der Waals surface area contributed by atoms with Gasteiger partial charge in [0.2, 0.25) is 0 Å². The summed E-state index contributed by atoms with van der Waals surface area (Å²) in [7, 11) is 0. The second-order valence-electron chi connectivity index (χ2n) is 4.50. The van der Waals surface area contributed by atoms with Crippen molar-refractivity contribution >= 4 is 5.97 Å². The van der Waals surface area contributed by atoms with Gasteiger partial charge in [0.15, 0.2) is 0 Å². The number of aliphatic hydroxyl groups is 1. The minimum absolute atomic E-state index is 0.215. The first-order valence-corrected chi connectivity index (χ1v) is 6.11. The molecule has 1 aliphatic rings. The van der Waals surface area contributed by atoms with E-state index in [1.165, 1.54) is 12.1 Å². The van der Waals surface area contributed by atoms with Gasteiger partial charge in [-0.3, -0.25) is 4.90 Å². The predicted octanol–water partition coefficient (Wildman–Crippen LogP) is 0.323.